The number of hydrogen-bond acceptors (Lipinski definition) is 2. The monoisotopic (exact) mass is 192 g/mol. The number of hydrogen-bond donors (Lipinski definition) is 2. The van der Waals surface area contributed by atoms with Crippen molar-refractivity contribution in [3.63, 3.8) is 0 Å². The van der Waals surface area contributed by atoms with E-state index in [1.165, 1.54) is 5.56 Å². The molecule has 0 spiro atoms. The van der Waals surface area contributed by atoms with Crippen LogP contribution >= 0.6 is 0 Å². The molecular formula is C12H20N2. The Balaban J connectivity index is 2.56. The molecule has 78 valence electrons. The molecule has 2 N–H and O–H groups in total. The molecule has 1 rings (SSSR count). The standard InChI is InChI=1S/C12H20N2/c1-12(2,14-10-9-13-3)11-7-5-4-6-8-11/h4-8,13-14H,9-10H2,1-3H3. The molecule has 0 heterocycles. The summed E-state index contributed by atoms with van der Waals surface area (Å²) in [5, 5.41) is 6.64. The van der Waals surface area contributed by atoms with E-state index in [2.05, 4.69) is 48.7 Å². The van der Waals surface area contributed by atoms with E-state index in [0.717, 1.165) is 13.1 Å². The summed E-state index contributed by atoms with van der Waals surface area (Å²) >= 11 is 0. The predicted octanol–water partition coefficient (Wildman–Crippen LogP) is 1.73. The number of nitrogens with one attached hydrogen (secondary N) is 2. The minimum atomic E-state index is 0.0537. The van der Waals surface area contributed by atoms with Crippen LogP contribution in [0.2, 0.25) is 0 Å². The molecule has 0 aliphatic rings. The Morgan fingerprint density at radius 2 is 1.71 bits per heavy atom. The molecule has 0 aliphatic carbocycles. The van der Waals surface area contributed by atoms with E-state index in [0.29, 0.717) is 0 Å². The second-order valence-electron chi connectivity index (χ2n) is 4.02. The molecule has 2 heteroatoms. The van der Waals surface area contributed by atoms with Gasteiger partial charge in [0.1, 0.15) is 0 Å². The fourth-order valence-electron chi connectivity index (χ4n) is 1.46. The average Bonchev–Trinajstić information content (AvgIpc) is 2.19. The van der Waals surface area contributed by atoms with Crippen molar-refractivity contribution in [2.45, 2.75) is 19.4 Å². The van der Waals surface area contributed by atoms with Crippen molar-refractivity contribution in [3.05, 3.63) is 35.9 Å². The molecule has 0 saturated heterocycles. The minimum Gasteiger partial charge on any atom is -0.318 e. The van der Waals surface area contributed by atoms with Gasteiger partial charge in [0.25, 0.3) is 0 Å². The van der Waals surface area contributed by atoms with Gasteiger partial charge in [-0.25, -0.2) is 0 Å². The predicted molar refractivity (Wildman–Crippen MR) is 61.4 cm³/mol. The van der Waals surface area contributed by atoms with Gasteiger partial charge in [0.15, 0.2) is 0 Å². The van der Waals surface area contributed by atoms with E-state index in [-0.39, 0.29) is 5.54 Å². The Morgan fingerprint density at radius 3 is 2.29 bits per heavy atom. The lowest BCUT2D eigenvalue weighted by molar-refractivity contribution is 0.403. The van der Waals surface area contributed by atoms with Gasteiger partial charge < -0.3 is 10.6 Å². The van der Waals surface area contributed by atoms with Gasteiger partial charge in [-0.05, 0) is 26.5 Å². The highest BCUT2D eigenvalue weighted by Crippen LogP contribution is 2.18. The molecule has 0 aliphatic heterocycles. The zero-order chi connectivity index (χ0) is 10.4. The van der Waals surface area contributed by atoms with Crippen molar-refractivity contribution in [2.24, 2.45) is 0 Å². The summed E-state index contributed by atoms with van der Waals surface area (Å²) in [6, 6.07) is 10.5. The summed E-state index contributed by atoms with van der Waals surface area (Å²) in [6.07, 6.45) is 0. The lowest BCUT2D eigenvalue weighted by Crippen LogP contribution is -2.39. The summed E-state index contributed by atoms with van der Waals surface area (Å²) in [4.78, 5) is 0. The van der Waals surface area contributed by atoms with Crippen LogP contribution in [0.3, 0.4) is 0 Å². The van der Waals surface area contributed by atoms with Crippen molar-refractivity contribution in [1.29, 1.82) is 0 Å². The first kappa shape index (κ1) is 11.2. The van der Waals surface area contributed by atoms with Crippen LogP contribution in [0, 0.1) is 0 Å². The highest BCUT2D eigenvalue weighted by molar-refractivity contribution is 5.22. The van der Waals surface area contributed by atoms with Crippen LogP contribution < -0.4 is 10.6 Å². The first-order chi connectivity index (χ1) is 6.67. The van der Waals surface area contributed by atoms with Crippen LogP contribution in [-0.2, 0) is 5.54 Å². The van der Waals surface area contributed by atoms with Gasteiger partial charge in [-0.15, -0.1) is 0 Å². The van der Waals surface area contributed by atoms with Crippen LogP contribution in [0.15, 0.2) is 30.3 Å². The third kappa shape index (κ3) is 3.13. The molecule has 0 saturated carbocycles. The fourth-order valence-corrected chi connectivity index (χ4v) is 1.46. The van der Waals surface area contributed by atoms with E-state index in [1.807, 2.05) is 13.1 Å². The molecule has 0 radical (unpaired) electrons. The fraction of sp³-hybridized carbons (Fsp3) is 0.500. The first-order valence-electron chi connectivity index (χ1n) is 5.12. The molecule has 0 amide bonds. The third-order valence-corrected chi connectivity index (χ3v) is 2.44. The van der Waals surface area contributed by atoms with E-state index >= 15 is 0 Å². The molecule has 2 nitrogen and oxygen atoms in total. The van der Waals surface area contributed by atoms with Crippen molar-refractivity contribution in [3.8, 4) is 0 Å². The average molecular weight is 192 g/mol. The molecule has 0 atom stereocenters. The van der Waals surface area contributed by atoms with E-state index in [9.17, 15) is 0 Å². The summed E-state index contributed by atoms with van der Waals surface area (Å²) in [5.41, 5.74) is 1.38. The van der Waals surface area contributed by atoms with Crippen molar-refractivity contribution in [2.75, 3.05) is 20.1 Å². The lowest BCUT2D eigenvalue weighted by atomic mass is 9.94. The van der Waals surface area contributed by atoms with Gasteiger partial charge in [-0.3, -0.25) is 0 Å². The van der Waals surface area contributed by atoms with Gasteiger partial charge in [0, 0.05) is 18.6 Å². The van der Waals surface area contributed by atoms with Crippen molar-refractivity contribution >= 4 is 0 Å². The minimum absolute atomic E-state index is 0.0537. The molecule has 0 bridgehead atoms. The maximum absolute atomic E-state index is 3.51. The second-order valence-corrected chi connectivity index (χ2v) is 4.02. The summed E-state index contributed by atoms with van der Waals surface area (Å²) in [6.45, 7) is 6.39. The maximum Gasteiger partial charge on any atom is 0.0377 e. The van der Waals surface area contributed by atoms with E-state index < -0.39 is 0 Å². The number of likely N-dealkylation sites (N-methyl/N-ethyl adjacent to an activating group) is 1. The zero-order valence-electron chi connectivity index (χ0n) is 9.30. The first-order valence-corrected chi connectivity index (χ1v) is 5.12. The maximum atomic E-state index is 3.51. The number of benzene rings is 1. The largest absolute Gasteiger partial charge is 0.318 e. The summed E-state index contributed by atoms with van der Waals surface area (Å²) in [7, 11) is 1.97. The molecule has 14 heavy (non-hydrogen) atoms. The van der Waals surface area contributed by atoms with E-state index in [4.69, 9.17) is 0 Å². The Kier molecular flexibility index (Phi) is 4.11. The Bertz CT molecular complexity index is 254. The Hall–Kier alpha value is -0.860. The van der Waals surface area contributed by atoms with Gasteiger partial charge in [-0.1, -0.05) is 30.3 Å². The Morgan fingerprint density at radius 1 is 1.07 bits per heavy atom. The van der Waals surface area contributed by atoms with Crippen LogP contribution in [0.5, 0.6) is 0 Å². The summed E-state index contributed by atoms with van der Waals surface area (Å²) in [5.74, 6) is 0. The molecule has 1 aromatic rings. The topological polar surface area (TPSA) is 24.1 Å². The highest BCUT2D eigenvalue weighted by Gasteiger charge is 2.18. The summed E-state index contributed by atoms with van der Waals surface area (Å²) < 4.78 is 0. The number of rotatable bonds is 5. The van der Waals surface area contributed by atoms with E-state index in [1.54, 1.807) is 0 Å². The highest BCUT2D eigenvalue weighted by atomic mass is 15.0. The molecule has 0 aromatic heterocycles. The van der Waals surface area contributed by atoms with Crippen LogP contribution in [0.1, 0.15) is 19.4 Å². The van der Waals surface area contributed by atoms with Crippen LogP contribution in [0.4, 0.5) is 0 Å². The zero-order valence-corrected chi connectivity index (χ0v) is 9.30. The molecular weight excluding hydrogens is 172 g/mol. The van der Waals surface area contributed by atoms with Crippen molar-refractivity contribution < 1.29 is 0 Å². The molecule has 0 unspecified atom stereocenters. The van der Waals surface area contributed by atoms with Gasteiger partial charge in [0.2, 0.25) is 0 Å². The van der Waals surface area contributed by atoms with Gasteiger partial charge in [0.05, 0.1) is 0 Å². The van der Waals surface area contributed by atoms with Crippen LogP contribution in [-0.4, -0.2) is 20.1 Å². The van der Waals surface area contributed by atoms with Gasteiger partial charge in [-0.2, -0.15) is 0 Å². The SMILES string of the molecule is CNCCNC(C)(C)c1ccccc1. The molecule has 0 fully saturated rings. The smallest absolute Gasteiger partial charge is 0.0377 e. The third-order valence-electron chi connectivity index (χ3n) is 2.44. The normalized spacial score (nSPS) is 11.6. The van der Waals surface area contributed by atoms with Crippen LogP contribution in [0.25, 0.3) is 0 Å². The Labute approximate surface area is 86.7 Å². The van der Waals surface area contributed by atoms with Gasteiger partial charge >= 0.3 is 0 Å². The molecule has 1 aromatic carbocycles. The quantitative estimate of drug-likeness (QED) is 0.694. The second kappa shape index (κ2) is 5.13. The lowest BCUT2D eigenvalue weighted by Gasteiger charge is -2.27. The van der Waals surface area contributed by atoms with Crippen molar-refractivity contribution in [1.82, 2.24) is 10.6 Å².